The standard InChI is InChI=1S/C16H22N4O3/c1-12-13(10-17-11-18-12)14(21)20-5-3-4-16(20,2)15(22)19-6-8-23-9-7-19/h10-11H,3-9H2,1-2H3/t16-/m1/s1. The van der Waals surface area contributed by atoms with Gasteiger partial charge in [-0.3, -0.25) is 9.59 Å². The Labute approximate surface area is 135 Å². The third-order valence-corrected chi connectivity index (χ3v) is 4.79. The molecule has 0 saturated carbocycles. The minimum absolute atomic E-state index is 0.0150. The van der Waals surface area contributed by atoms with Crippen LogP contribution >= 0.6 is 0 Å². The van der Waals surface area contributed by atoms with Crippen LogP contribution in [0.5, 0.6) is 0 Å². The van der Waals surface area contributed by atoms with Crippen molar-refractivity contribution in [1.82, 2.24) is 19.8 Å². The number of morpholine rings is 1. The van der Waals surface area contributed by atoms with E-state index in [-0.39, 0.29) is 11.8 Å². The molecule has 7 nitrogen and oxygen atoms in total. The summed E-state index contributed by atoms with van der Waals surface area (Å²) in [6.45, 7) is 6.53. The molecule has 0 bridgehead atoms. The number of hydrogen-bond acceptors (Lipinski definition) is 5. The van der Waals surface area contributed by atoms with Gasteiger partial charge >= 0.3 is 0 Å². The van der Waals surface area contributed by atoms with E-state index in [4.69, 9.17) is 4.74 Å². The van der Waals surface area contributed by atoms with Crippen molar-refractivity contribution in [2.75, 3.05) is 32.8 Å². The second kappa shape index (κ2) is 6.23. The summed E-state index contributed by atoms with van der Waals surface area (Å²) in [6, 6.07) is 0. The van der Waals surface area contributed by atoms with Gasteiger partial charge < -0.3 is 14.5 Å². The fourth-order valence-corrected chi connectivity index (χ4v) is 3.36. The van der Waals surface area contributed by atoms with Gasteiger partial charge in [0.05, 0.1) is 24.5 Å². The van der Waals surface area contributed by atoms with Crippen LogP contribution in [-0.2, 0) is 9.53 Å². The molecule has 124 valence electrons. The molecule has 3 heterocycles. The summed E-state index contributed by atoms with van der Waals surface area (Å²) >= 11 is 0. The highest BCUT2D eigenvalue weighted by Gasteiger charge is 2.48. The molecule has 7 heteroatoms. The second-order valence-corrected chi connectivity index (χ2v) is 6.26. The number of likely N-dealkylation sites (tertiary alicyclic amines) is 1. The molecule has 0 unspecified atom stereocenters. The summed E-state index contributed by atoms with van der Waals surface area (Å²) in [6.07, 6.45) is 4.46. The zero-order valence-corrected chi connectivity index (χ0v) is 13.6. The summed E-state index contributed by atoms with van der Waals surface area (Å²) in [5.41, 5.74) is 0.310. The van der Waals surface area contributed by atoms with Gasteiger partial charge in [0.25, 0.3) is 5.91 Å². The maximum atomic E-state index is 13.0. The Balaban J connectivity index is 1.85. The average molecular weight is 318 g/mol. The third-order valence-electron chi connectivity index (χ3n) is 4.79. The molecule has 0 aromatic carbocycles. The first-order valence-electron chi connectivity index (χ1n) is 8.00. The van der Waals surface area contributed by atoms with Crippen LogP contribution < -0.4 is 0 Å². The minimum atomic E-state index is -0.795. The van der Waals surface area contributed by atoms with E-state index in [1.807, 2.05) is 11.8 Å². The number of amides is 2. The molecule has 3 rings (SSSR count). The van der Waals surface area contributed by atoms with Crippen LogP contribution in [0, 0.1) is 6.92 Å². The molecule has 2 aliphatic heterocycles. The van der Waals surface area contributed by atoms with Gasteiger partial charge in [-0.05, 0) is 26.7 Å². The molecule has 1 aromatic heterocycles. The lowest BCUT2D eigenvalue weighted by atomic mass is 9.95. The molecule has 2 aliphatic rings. The van der Waals surface area contributed by atoms with Crippen LogP contribution in [-0.4, -0.2) is 70.0 Å². The van der Waals surface area contributed by atoms with E-state index in [1.165, 1.54) is 12.5 Å². The van der Waals surface area contributed by atoms with Gasteiger partial charge in [0.2, 0.25) is 5.91 Å². The van der Waals surface area contributed by atoms with Crippen LogP contribution in [0.1, 0.15) is 35.8 Å². The lowest BCUT2D eigenvalue weighted by molar-refractivity contribution is -0.144. The van der Waals surface area contributed by atoms with E-state index in [0.717, 1.165) is 6.42 Å². The predicted molar refractivity (Wildman–Crippen MR) is 82.8 cm³/mol. The minimum Gasteiger partial charge on any atom is -0.378 e. The normalized spacial score (nSPS) is 24.8. The van der Waals surface area contributed by atoms with Gasteiger partial charge in [-0.2, -0.15) is 0 Å². The highest BCUT2D eigenvalue weighted by atomic mass is 16.5. The first-order chi connectivity index (χ1) is 11.0. The number of aryl methyl sites for hydroxylation is 1. The van der Waals surface area contributed by atoms with Gasteiger partial charge in [-0.15, -0.1) is 0 Å². The van der Waals surface area contributed by atoms with Crippen LogP contribution in [0.2, 0.25) is 0 Å². The first-order valence-corrected chi connectivity index (χ1v) is 8.00. The summed E-state index contributed by atoms with van der Waals surface area (Å²) in [5, 5.41) is 0. The van der Waals surface area contributed by atoms with Crippen molar-refractivity contribution in [3.8, 4) is 0 Å². The quantitative estimate of drug-likeness (QED) is 0.800. The van der Waals surface area contributed by atoms with E-state index >= 15 is 0 Å². The van der Waals surface area contributed by atoms with Gasteiger partial charge in [0, 0.05) is 25.8 Å². The zero-order chi connectivity index (χ0) is 16.4. The predicted octanol–water partition coefficient (Wildman–Crippen LogP) is 0.639. The molecule has 2 fully saturated rings. The molecular weight excluding hydrogens is 296 g/mol. The molecular formula is C16H22N4O3. The van der Waals surface area contributed by atoms with E-state index in [0.29, 0.717) is 50.5 Å². The number of carbonyl (C=O) groups is 2. The van der Waals surface area contributed by atoms with Crippen LogP contribution in [0.3, 0.4) is 0 Å². The lowest BCUT2D eigenvalue weighted by Gasteiger charge is -2.39. The van der Waals surface area contributed by atoms with E-state index < -0.39 is 5.54 Å². The maximum absolute atomic E-state index is 13.0. The molecule has 0 aliphatic carbocycles. The van der Waals surface area contributed by atoms with E-state index in [9.17, 15) is 9.59 Å². The fourth-order valence-electron chi connectivity index (χ4n) is 3.36. The van der Waals surface area contributed by atoms with Crippen molar-refractivity contribution in [3.05, 3.63) is 23.8 Å². The fraction of sp³-hybridized carbons (Fsp3) is 0.625. The number of carbonyl (C=O) groups excluding carboxylic acids is 2. The number of rotatable bonds is 2. The van der Waals surface area contributed by atoms with Crippen LogP contribution in [0.25, 0.3) is 0 Å². The van der Waals surface area contributed by atoms with Crippen molar-refractivity contribution in [3.63, 3.8) is 0 Å². The van der Waals surface area contributed by atoms with Crippen molar-refractivity contribution in [1.29, 1.82) is 0 Å². The molecule has 0 spiro atoms. The molecule has 1 atom stereocenters. The Morgan fingerprint density at radius 3 is 2.70 bits per heavy atom. The van der Waals surface area contributed by atoms with Crippen molar-refractivity contribution >= 4 is 11.8 Å². The first kappa shape index (κ1) is 15.9. The maximum Gasteiger partial charge on any atom is 0.258 e. The van der Waals surface area contributed by atoms with E-state index in [2.05, 4.69) is 9.97 Å². The highest BCUT2D eigenvalue weighted by Crippen LogP contribution is 2.32. The van der Waals surface area contributed by atoms with Crippen molar-refractivity contribution in [2.24, 2.45) is 0 Å². The van der Waals surface area contributed by atoms with E-state index in [1.54, 1.807) is 11.8 Å². The third kappa shape index (κ3) is 2.81. The Bertz CT molecular complexity index is 615. The topological polar surface area (TPSA) is 75.6 Å². The number of ether oxygens (including phenoxy) is 1. The van der Waals surface area contributed by atoms with Crippen molar-refractivity contribution < 1.29 is 14.3 Å². The van der Waals surface area contributed by atoms with Gasteiger partial charge in [-0.25, -0.2) is 9.97 Å². The number of nitrogens with zero attached hydrogens (tertiary/aromatic N) is 4. The smallest absolute Gasteiger partial charge is 0.258 e. The molecule has 0 N–H and O–H groups in total. The molecule has 1 aromatic rings. The summed E-state index contributed by atoms with van der Waals surface area (Å²) < 4.78 is 5.31. The van der Waals surface area contributed by atoms with Crippen LogP contribution in [0.15, 0.2) is 12.5 Å². The Hall–Kier alpha value is -2.02. The number of hydrogen-bond donors (Lipinski definition) is 0. The number of aromatic nitrogens is 2. The highest BCUT2D eigenvalue weighted by molar-refractivity contribution is 6.00. The average Bonchev–Trinajstić information content (AvgIpc) is 2.98. The molecule has 23 heavy (non-hydrogen) atoms. The van der Waals surface area contributed by atoms with Crippen molar-refractivity contribution in [2.45, 2.75) is 32.2 Å². The summed E-state index contributed by atoms with van der Waals surface area (Å²) in [4.78, 5) is 37.5. The zero-order valence-electron chi connectivity index (χ0n) is 13.6. The SMILES string of the molecule is Cc1ncncc1C(=O)N1CCC[C@]1(C)C(=O)N1CCOCC1. The van der Waals surface area contributed by atoms with Gasteiger partial charge in [0.15, 0.2) is 0 Å². The monoisotopic (exact) mass is 318 g/mol. The summed E-state index contributed by atoms with van der Waals surface area (Å²) in [5.74, 6) is -0.147. The molecule has 2 saturated heterocycles. The van der Waals surface area contributed by atoms with Gasteiger partial charge in [-0.1, -0.05) is 0 Å². The second-order valence-electron chi connectivity index (χ2n) is 6.26. The Morgan fingerprint density at radius 1 is 1.26 bits per heavy atom. The van der Waals surface area contributed by atoms with Crippen LogP contribution in [0.4, 0.5) is 0 Å². The van der Waals surface area contributed by atoms with Gasteiger partial charge in [0.1, 0.15) is 11.9 Å². The molecule has 2 amide bonds. The Morgan fingerprint density at radius 2 is 2.00 bits per heavy atom. The largest absolute Gasteiger partial charge is 0.378 e. The summed E-state index contributed by atoms with van der Waals surface area (Å²) in [7, 11) is 0. The molecule has 0 radical (unpaired) electrons. The lowest BCUT2D eigenvalue weighted by Crippen LogP contribution is -2.58. The Kier molecular flexibility index (Phi) is 4.30.